The number of likely N-dealkylation sites (tertiary alicyclic amines) is 1. The number of thiazole rings is 1. The molecule has 0 aliphatic carbocycles. The minimum absolute atomic E-state index is 0.300. The minimum atomic E-state index is -0.978. The number of halogens is 1. The molecule has 2 aromatic carbocycles. The maximum absolute atomic E-state index is 13.1. The molecule has 0 atom stereocenters. The molecule has 7 nitrogen and oxygen atoms in total. The van der Waals surface area contributed by atoms with Crippen molar-refractivity contribution in [2.75, 3.05) is 27.2 Å². The first kappa shape index (κ1) is 24.2. The molecule has 1 saturated heterocycles. The molecule has 3 aromatic rings. The van der Waals surface area contributed by atoms with E-state index in [1.165, 1.54) is 30.4 Å². The zero-order valence-corrected chi connectivity index (χ0v) is 20.8. The normalized spacial score (nSPS) is 15.1. The van der Waals surface area contributed by atoms with Gasteiger partial charge in [-0.2, -0.15) is 0 Å². The maximum Gasteiger partial charge on any atom is 0.343 e. The van der Waals surface area contributed by atoms with Crippen molar-refractivity contribution < 1.29 is 19.5 Å². The first-order valence-corrected chi connectivity index (χ1v) is 12.1. The Bertz CT molecular complexity index is 1120. The van der Waals surface area contributed by atoms with Gasteiger partial charge in [0.2, 0.25) is 0 Å². The predicted molar refractivity (Wildman–Crippen MR) is 132 cm³/mol. The van der Waals surface area contributed by atoms with Gasteiger partial charge in [0.1, 0.15) is 10.4 Å². The quantitative estimate of drug-likeness (QED) is 0.296. The second kappa shape index (κ2) is 9.74. The van der Waals surface area contributed by atoms with Crippen LogP contribution in [0.15, 0.2) is 48.5 Å². The van der Waals surface area contributed by atoms with Gasteiger partial charge < -0.3 is 9.64 Å². The number of ether oxygens (including phenoxy) is 1. The molecule has 34 heavy (non-hydrogen) atoms. The molecule has 178 valence electrons. The molecule has 1 N–H and O–H groups in total. The second-order valence-corrected chi connectivity index (χ2v) is 9.87. The van der Waals surface area contributed by atoms with E-state index >= 15 is 0 Å². The number of carbonyl (C=O) groups is 2. The molecule has 0 saturated carbocycles. The van der Waals surface area contributed by atoms with Gasteiger partial charge in [-0.15, -0.1) is 11.3 Å². The number of nitrogens with zero attached hydrogens (tertiary/aromatic N) is 3. The molecule has 1 aromatic heterocycles. The van der Waals surface area contributed by atoms with Crippen LogP contribution >= 0.6 is 22.9 Å². The monoisotopic (exact) mass is 499 g/mol. The fourth-order valence-electron chi connectivity index (χ4n) is 4.21. The van der Waals surface area contributed by atoms with Gasteiger partial charge in [-0.05, 0) is 37.5 Å². The van der Waals surface area contributed by atoms with Gasteiger partial charge in [0.15, 0.2) is 0 Å². The molecule has 1 fully saturated rings. The van der Waals surface area contributed by atoms with Gasteiger partial charge in [0.05, 0.1) is 17.7 Å². The molecule has 9 heteroatoms. The maximum atomic E-state index is 13.1. The first-order chi connectivity index (χ1) is 16.2. The highest BCUT2D eigenvalue weighted by atomic mass is 35.5. The highest BCUT2D eigenvalue weighted by molar-refractivity contribution is 7.16. The van der Waals surface area contributed by atoms with Gasteiger partial charge in [0, 0.05) is 30.7 Å². The Hall–Kier alpha value is -2.94. The summed E-state index contributed by atoms with van der Waals surface area (Å²) in [6.45, 7) is 2.64. The summed E-state index contributed by atoms with van der Waals surface area (Å²) in [4.78, 5) is 32.8. The molecular formula is C25H26ClN3O4S. The largest absolute Gasteiger partial charge is 0.468 e. The summed E-state index contributed by atoms with van der Waals surface area (Å²) in [5.74, 6) is -0.371. The third-order valence-electron chi connectivity index (χ3n) is 6.21. The Labute approximate surface area is 207 Å². The standard InChI is InChI=1S/C25H26ClN3O4S/c1-16-4-6-18(7-5-16)21-20(17-8-10-19(26)11-9-17)27-22(34-21)25(23(30)33-3)12-14-29(15-13-25)24(31)28(2)32/h4-11,32H,12-15H2,1-3H3. The van der Waals surface area contributed by atoms with Crippen LogP contribution < -0.4 is 0 Å². The Kier molecular flexibility index (Phi) is 6.93. The predicted octanol–water partition coefficient (Wildman–Crippen LogP) is 5.39. The van der Waals surface area contributed by atoms with Crippen molar-refractivity contribution in [3.63, 3.8) is 0 Å². The van der Waals surface area contributed by atoms with E-state index < -0.39 is 11.4 Å². The van der Waals surface area contributed by atoms with Gasteiger partial charge in [-0.1, -0.05) is 53.6 Å². The molecule has 0 bridgehead atoms. The van der Waals surface area contributed by atoms with Crippen LogP contribution in [0.2, 0.25) is 5.02 Å². The van der Waals surface area contributed by atoms with E-state index in [0.29, 0.717) is 41.0 Å². The van der Waals surface area contributed by atoms with Crippen LogP contribution in [0.3, 0.4) is 0 Å². The van der Waals surface area contributed by atoms with E-state index in [9.17, 15) is 14.8 Å². The number of rotatable bonds is 4. The molecule has 0 spiro atoms. The summed E-state index contributed by atoms with van der Waals surface area (Å²) < 4.78 is 5.23. The SMILES string of the molecule is COC(=O)C1(c2nc(-c3ccc(Cl)cc3)c(-c3ccc(C)cc3)s2)CCN(C(=O)N(C)O)CC1. The summed E-state index contributed by atoms with van der Waals surface area (Å²) in [5, 5.41) is 11.4. The van der Waals surface area contributed by atoms with Crippen LogP contribution in [0, 0.1) is 6.92 Å². The number of aromatic nitrogens is 1. The molecule has 2 amide bonds. The Morgan fingerprint density at radius 1 is 1.09 bits per heavy atom. The summed E-state index contributed by atoms with van der Waals surface area (Å²) in [7, 11) is 2.66. The van der Waals surface area contributed by atoms with E-state index in [2.05, 4.69) is 12.1 Å². The van der Waals surface area contributed by atoms with Crippen LogP contribution in [-0.4, -0.2) is 59.4 Å². The number of methoxy groups -OCH3 is 1. The lowest BCUT2D eigenvalue weighted by atomic mass is 9.79. The van der Waals surface area contributed by atoms with Gasteiger partial charge in [0.25, 0.3) is 0 Å². The van der Waals surface area contributed by atoms with Crippen molar-refractivity contribution in [2.45, 2.75) is 25.2 Å². The van der Waals surface area contributed by atoms with Crippen LogP contribution in [0.25, 0.3) is 21.7 Å². The van der Waals surface area contributed by atoms with Gasteiger partial charge in [-0.3, -0.25) is 10.0 Å². The number of urea groups is 1. The zero-order chi connectivity index (χ0) is 24.5. The lowest BCUT2D eigenvalue weighted by molar-refractivity contribution is -0.149. The van der Waals surface area contributed by atoms with Crippen LogP contribution in [0.1, 0.15) is 23.4 Å². The molecular weight excluding hydrogens is 474 g/mol. The van der Waals surface area contributed by atoms with E-state index in [-0.39, 0.29) is 5.97 Å². The molecule has 0 radical (unpaired) electrons. The number of carbonyl (C=O) groups excluding carboxylic acids is 2. The third kappa shape index (κ3) is 4.53. The average Bonchev–Trinajstić information content (AvgIpc) is 3.30. The summed E-state index contributed by atoms with van der Waals surface area (Å²) in [6.07, 6.45) is 0.695. The van der Waals surface area contributed by atoms with Crippen molar-refractivity contribution in [1.82, 2.24) is 14.9 Å². The number of hydrogen-bond donors (Lipinski definition) is 1. The number of hydrogen-bond acceptors (Lipinski definition) is 6. The Morgan fingerprint density at radius 3 is 2.24 bits per heavy atom. The number of hydroxylamine groups is 2. The molecule has 1 aliphatic rings. The Balaban J connectivity index is 1.80. The number of amides is 2. The lowest BCUT2D eigenvalue weighted by Crippen LogP contribution is -2.51. The Morgan fingerprint density at radius 2 is 1.68 bits per heavy atom. The highest BCUT2D eigenvalue weighted by Gasteiger charge is 2.48. The van der Waals surface area contributed by atoms with Crippen molar-refractivity contribution in [1.29, 1.82) is 0 Å². The van der Waals surface area contributed by atoms with Crippen LogP contribution in [0.4, 0.5) is 4.79 Å². The van der Waals surface area contributed by atoms with Crippen molar-refractivity contribution in [3.05, 3.63) is 64.1 Å². The lowest BCUT2D eigenvalue weighted by Gasteiger charge is -2.38. The van der Waals surface area contributed by atoms with E-state index in [1.807, 2.05) is 43.3 Å². The average molecular weight is 500 g/mol. The number of benzene rings is 2. The molecule has 4 rings (SSSR count). The van der Waals surface area contributed by atoms with Crippen LogP contribution in [0.5, 0.6) is 0 Å². The minimum Gasteiger partial charge on any atom is -0.468 e. The smallest absolute Gasteiger partial charge is 0.343 e. The molecule has 1 aliphatic heterocycles. The third-order valence-corrected chi connectivity index (χ3v) is 7.77. The fraction of sp³-hybridized carbons (Fsp3) is 0.320. The fourth-order valence-corrected chi connectivity index (χ4v) is 5.67. The summed E-state index contributed by atoms with van der Waals surface area (Å²) in [5.41, 5.74) is 2.86. The van der Waals surface area contributed by atoms with Crippen molar-refractivity contribution in [2.24, 2.45) is 0 Å². The first-order valence-electron chi connectivity index (χ1n) is 10.9. The highest BCUT2D eigenvalue weighted by Crippen LogP contribution is 2.45. The van der Waals surface area contributed by atoms with E-state index in [4.69, 9.17) is 21.3 Å². The van der Waals surface area contributed by atoms with Gasteiger partial charge >= 0.3 is 12.0 Å². The van der Waals surface area contributed by atoms with E-state index in [1.54, 1.807) is 0 Å². The van der Waals surface area contributed by atoms with E-state index in [0.717, 1.165) is 27.3 Å². The number of esters is 1. The van der Waals surface area contributed by atoms with Crippen LogP contribution in [-0.2, 0) is 14.9 Å². The molecule has 0 unspecified atom stereocenters. The number of piperidine rings is 1. The zero-order valence-electron chi connectivity index (χ0n) is 19.2. The summed E-state index contributed by atoms with van der Waals surface area (Å²) in [6, 6.07) is 15.2. The second-order valence-electron chi connectivity index (χ2n) is 8.44. The number of aryl methyl sites for hydroxylation is 1. The summed E-state index contributed by atoms with van der Waals surface area (Å²) >= 11 is 7.59. The molecule has 2 heterocycles. The van der Waals surface area contributed by atoms with Crippen molar-refractivity contribution in [3.8, 4) is 21.7 Å². The van der Waals surface area contributed by atoms with Crippen molar-refractivity contribution >= 4 is 34.9 Å². The van der Waals surface area contributed by atoms with Gasteiger partial charge in [-0.25, -0.2) is 14.8 Å². The topological polar surface area (TPSA) is 83.0 Å².